The molecule has 3 heterocycles. The first-order valence-electron chi connectivity index (χ1n) is 18.6. The molecule has 0 amide bonds. The fraction of sp³-hybridized carbons (Fsp3) is 0.0204. The number of nitrogens with zero attached hydrogens (tertiary/aromatic N) is 4. The van der Waals surface area contributed by atoms with Crippen LogP contribution in [0.25, 0.3) is 11.1 Å². The Morgan fingerprint density at radius 1 is 0.321 bits per heavy atom. The minimum Gasteiger partial charge on any atom is -0.306 e. The summed E-state index contributed by atoms with van der Waals surface area (Å²) in [6.07, 6.45) is 1.69. The van der Waals surface area contributed by atoms with Crippen molar-refractivity contribution in [2.75, 3.05) is 25.9 Å². The quantitative estimate of drug-likeness (QED) is 0.181. The molecule has 0 spiro atoms. The highest BCUT2D eigenvalue weighted by Gasteiger charge is 2.34. The van der Waals surface area contributed by atoms with Crippen molar-refractivity contribution >= 4 is 91.7 Å². The molecule has 0 bridgehead atoms. The largest absolute Gasteiger partial charge is 0.306 e. The normalized spacial score (nSPS) is 13.4. The summed E-state index contributed by atoms with van der Waals surface area (Å²) in [7, 11) is -1.29. The summed E-state index contributed by atoms with van der Waals surface area (Å²) in [5, 5.41) is 0. The van der Waals surface area contributed by atoms with Gasteiger partial charge in [-0.15, -0.1) is 0 Å². The third-order valence-electron chi connectivity index (χ3n) is 10.6. The van der Waals surface area contributed by atoms with Crippen molar-refractivity contribution in [3.8, 4) is 11.1 Å². The number of benzene rings is 8. The van der Waals surface area contributed by atoms with E-state index in [9.17, 15) is 4.21 Å². The van der Waals surface area contributed by atoms with E-state index in [4.69, 9.17) is 0 Å². The van der Waals surface area contributed by atoms with Crippen molar-refractivity contribution < 1.29 is 4.21 Å². The third-order valence-corrected chi connectivity index (χ3v) is 12.1. The summed E-state index contributed by atoms with van der Waals surface area (Å²) >= 11 is 3.53. The minimum absolute atomic E-state index is 0.838. The topological polar surface area (TPSA) is 30.0 Å². The van der Waals surface area contributed by atoms with E-state index in [1.54, 1.807) is 6.26 Å². The highest BCUT2D eigenvalue weighted by molar-refractivity contribution is 7.85. The third kappa shape index (κ3) is 5.27. The van der Waals surface area contributed by atoms with Crippen molar-refractivity contribution in [2.24, 2.45) is 0 Å². The minimum atomic E-state index is -1.29. The highest BCUT2D eigenvalue weighted by atomic mass is 32.2. The van der Waals surface area contributed by atoms with Crippen molar-refractivity contribution in [1.29, 1.82) is 0 Å². The van der Waals surface area contributed by atoms with Crippen LogP contribution < -0.4 is 19.6 Å². The predicted octanol–water partition coefficient (Wildman–Crippen LogP) is 13.9. The second-order valence-corrected chi connectivity index (χ2v) is 15.0. The van der Waals surface area contributed by atoms with Crippen LogP contribution in [0.1, 0.15) is 0 Å². The molecule has 0 radical (unpaired) electrons. The SMILES string of the molecule is CS.O=S1c2ccc(N3c4ccccc4N(c4ccccc4)c4ccccc43)cc2-c2cc(N3c4ccccc4N(c4ccccc4)c4ccccc43)ccc21. The van der Waals surface area contributed by atoms with Gasteiger partial charge < -0.3 is 19.6 Å². The Bertz CT molecular complexity index is 2510. The van der Waals surface area contributed by atoms with E-state index in [0.29, 0.717) is 0 Å². The van der Waals surface area contributed by atoms with Gasteiger partial charge in [0.25, 0.3) is 0 Å². The maximum atomic E-state index is 14.1. The van der Waals surface area contributed by atoms with Crippen molar-refractivity contribution in [3.63, 3.8) is 0 Å². The summed E-state index contributed by atoms with van der Waals surface area (Å²) in [5.74, 6) is 0. The molecule has 0 unspecified atom stereocenters. The molecule has 0 fully saturated rings. The summed E-state index contributed by atoms with van der Waals surface area (Å²) in [4.78, 5) is 11.0. The van der Waals surface area contributed by atoms with Crippen molar-refractivity contribution in [1.82, 2.24) is 0 Å². The molecule has 0 saturated carbocycles. The summed E-state index contributed by atoms with van der Waals surface area (Å²) in [6.45, 7) is 0. The Hall–Kier alpha value is -6.54. The van der Waals surface area contributed by atoms with E-state index in [1.165, 1.54) is 0 Å². The first-order valence-corrected chi connectivity index (χ1v) is 20.6. The number of rotatable bonds is 4. The second kappa shape index (κ2) is 13.9. The van der Waals surface area contributed by atoms with E-state index in [1.807, 2.05) is 0 Å². The fourth-order valence-corrected chi connectivity index (χ4v) is 9.69. The van der Waals surface area contributed by atoms with Gasteiger partial charge in [0, 0.05) is 33.9 Å². The smallest absolute Gasteiger partial charge is 0.0862 e. The molecular weight excluding hydrogens is 725 g/mol. The van der Waals surface area contributed by atoms with Gasteiger partial charge in [0.15, 0.2) is 0 Å². The van der Waals surface area contributed by atoms with Gasteiger partial charge in [0.2, 0.25) is 0 Å². The van der Waals surface area contributed by atoms with Crippen molar-refractivity contribution in [2.45, 2.75) is 9.79 Å². The van der Waals surface area contributed by atoms with E-state index in [-0.39, 0.29) is 0 Å². The van der Waals surface area contributed by atoms with Crippen molar-refractivity contribution in [3.05, 3.63) is 194 Å². The number of hydrogen-bond donors (Lipinski definition) is 1. The highest BCUT2D eigenvalue weighted by Crippen LogP contribution is 2.57. The van der Waals surface area contributed by atoms with Crippen LogP contribution in [0, 0.1) is 0 Å². The molecule has 0 aromatic heterocycles. The molecule has 8 aromatic carbocycles. The van der Waals surface area contributed by atoms with Gasteiger partial charge in [-0.3, -0.25) is 0 Å². The molecule has 270 valence electrons. The van der Waals surface area contributed by atoms with Gasteiger partial charge in [0.05, 0.1) is 66.1 Å². The average Bonchev–Trinajstić information content (AvgIpc) is 3.55. The number of fused-ring (bicyclic) bond motifs is 7. The first-order chi connectivity index (χ1) is 27.7. The molecule has 0 aliphatic carbocycles. The zero-order valence-electron chi connectivity index (χ0n) is 30.5. The fourth-order valence-electron chi connectivity index (χ4n) is 8.33. The van der Waals surface area contributed by atoms with Gasteiger partial charge in [0.1, 0.15) is 0 Å². The maximum Gasteiger partial charge on any atom is 0.0862 e. The average molecular weight is 761 g/mol. The molecule has 0 atom stereocenters. The van der Waals surface area contributed by atoms with Gasteiger partial charge >= 0.3 is 0 Å². The summed E-state index contributed by atoms with van der Waals surface area (Å²) < 4.78 is 14.1. The lowest BCUT2D eigenvalue weighted by Gasteiger charge is -2.40. The van der Waals surface area contributed by atoms with Gasteiger partial charge in [-0.25, -0.2) is 4.21 Å². The summed E-state index contributed by atoms with van der Waals surface area (Å²) in [6, 6.07) is 68.1. The van der Waals surface area contributed by atoms with Crippen LogP contribution in [0.3, 0.4) is 0 Å². The molecular formula is C49H36N4OS2. The van der Waals surface area contributed by atoms with Crippen LogP contribution in [0.4, 0.5) is 68.2 Å². The molecule has 7 heteroatoms. The van der Waals surface area contributed by atoms with E-state index in [2.05, 4.69) is 226 Å². The van der Waals surface area contributed by atoms with E-state index >= 15 is 0 Å². The Labute approximate surface area is 335 Å². The van der Waals surface area contributed by atoms with Crippen LogP contribution in [0.2, 0.25) is 0 Å². The number of para-hydroxylation sites is 10. The van der Waals surface area contributed by atoms with Crippen LogP contribution in [0.5, 0.6) is 0 Å². The van der Waals surface area contributed by atoms with E-state index in [0.717, 1.165) is 89.2 Å². The van der Waals surface area contributed by atoms with Gasteiger partial charge in [-0.05, 0) is 115 Å². The first kappa shape index (κ1) is 34.0. The Morgan fingerprint density at radius 2 is 0.571 bits per heavy atom. The molecule has 0 N–H and O–H groups in total. The molecule has 3 aliphatic heterocycles. The van der Waals surface area contributed by atoms with Gasteiger partial charge in [-0.1, -0.05) is 84.9 Å². The molecule has 56 heavy (non-hydrogen) atoms. The van der Waals surface area contributed by atoms with Gasteiger partial charge in [-0.2, -0.15) is 12.6 Å². The summed E-state index contributed by atoms with van der Waals surface area (Å²) in [5.41, 5.74) is 15.0. The van der Waals surface area contributed by atoms with E-state index < -0.39 is 10.8 Å². The number of thiol groups is 1. The number of anilines is 12. The Kier molecular flexibility index (Phi) is 8.47. The molecule has 8 aromatic rings. The van der Waals surface area contributed by atoms with Crippen LogP contribution in [-0.2, 0) is 10.8 Å². The van der Waals surface area contributed by atoms with Crippen LogP contribution in [0.15, 0.2) is 204 Å². The lowest BCUT2D eigenvalue weighted by molar-refractivity contribution is 0.685. The molecule has 3 aliphatic rings. The molecule has 5 nitrogen and oxygen atoms in total. The predicted molar refractivity (Wildman–Crippen MR) is 237 cm³/mol. The zero-order chi connectivity index (χ0) is 37.8. The zero-order valence-corrected chi connectivity index (χ0v) is 32.2. The lowest BCUT2D eigenvalue weighted by atomic mass is 10.0. The molecule has 11 rings (SSSR count). The van der Waals surface area contributed by atoms with Crippen LogP contribution in [-0.4, -0.2) is 10.5 Å². The van der Waals surface area contributed by atoms with Crippen LogP contribution >= 0.6 is 12.6 Å². The Morgan fingerprint density at radius 3 is 0.857 bits per heavy atom. The monoisotopic (exact) mass is 760 g/mol. The lowest BCUT2D eigenvalue weighted by Crippen LogP contribution is -2.24. The second-order valence-electron chi connectivity index (χ2n) is 13.6. The standard InChI is InChI=1S/C48H32N4OS.CH4S/c53-54-47-29-27-35(51-43-23-11-7-19-39(43)49(33-15-3-1-4-16-33)40-20-8-12-24-44(40)51)31-37(47)38-32-36(28-30-48(38)54)52-45-25-13-9-21-41(45)50(34-17-5-2-6-18-34)42-22-10-14-26-46(42)52;1-2/h1-32H;2H,1H3. The Balaban J connectivity index is 0.00000189. The number of hydrogen-bond acceptors (Lipinski definition) is 6. The maximum absolute atomic E-state index is 14.1. The molecule has 0 saturated heterocycles.